The van der Waals surface area contributed by atoms with Crippen molar-refractivity contribution in [3.05, 3.63) is 24.8 Å². The zero-order valence-corrected chi connectivity index (χ0v) is 13.0. The lowest BCUT2D eigenvalue weighted by Crippen LogP contribution is -2.40. The molecule has 116 valence electrons. The van der Waals surface area contributed by atoms with Crippen LogP contribution in [0.5, 0.6) is 0 Å². The monoisotopic (exact) mass is 310 g/mol. The Labute approximate surface area is 125 Å². The summed E-state index contributed by atoms with van der Waals surface area (Å²) in [5.41, 5.74) is 0. The maximum atomic E-state index is 12.3. The van der Waals surface area contributed by atoms with Crippen molar-refractivity contribution >= 4 is 10.0 Å². The molecule has 3 rings (SSSR count). The summed E-state index contributed by atoms with van der Waals surface area (Å²) in [5.74, 6) is 1.28. The minimum Gasteiger partial charge on any atom is -0.314 e. The molecular weight excluding hydrogens is 288 g/mol. The molecule has 2 heterocycles. The quantitative estimate of drug-likeness (QED) is 0.750. The molecule has 0 N–H and O–H groups in total. The van der Waals surface area contributed by atoms with Crippen molar-refractivity contribution in [1.29, 1.82) is 0 Å². The summed E-state index contributed by atoms with van der Waals surface area (Å²) < 4.78 is 28.4. The van der Waals surface area contributed by atoms with Crippen LogP contribution in [0.3, 0.4) is 0 Å². The zero-order chi connectivity index (χ0) is 14.9. The summed E-state index contributed by atoms with van der Waals surface area (Å²) in [6.45, 7) is 4.75. The van der Waals surface area contributed by atoms with Crippen LogP contribution in [0.2, 0.25) is 0 Å². The summed E-state index contributed by atoms with van der Waals surface area (Å²) in [5, 5.41) is 8.28. The number of allylic oxidation sites excluding steroid dienone is 1. The Balaban J connectivity index is 1.73. The molecule has 1 aromatic heterocycles. The SMILES string of the molecule is C=CCCS(=O)(=O)N1CCCC(c2nncn2C2CC2)C1. The van der Waals surface area contributed by atoms with Crippen molar-refractivity contribution < 1.29 is 8.42 Å². The van der Waals surface area contributed by atoms with Gasteiger partial charge in [0.1, 0.15) is 12.2 Å². The fourth-order valence-electron chi connectivity index (χ4n) is 2.95. The average Bonchev–Trinajstić information content (AvgIpc) is 3.22. The van der Waals surface area contributed by atoms with Gasteiger partial charge in [-0.3, -0.25) is 0 Å². The van der Waals surface area contributed by atoms with Crippen LogP contribution in [-0.4, -0.2) is 46.3 Å². The topological polar surface area (TPSA) is 68.1 Å². The average molecular weight is 310 g/mol. The van der Waals surface area contributed by atoms with Crippen molar-refractivity contribution in [2.45, 2.75) is 44.1 Å². The summed E-state index contributed by atoms with van der Waals surface area (Å²) in [7, 11) is -3.18. The molecule has 1 unspecified atom stereocenters. The fraction of sp³-hybridized carbons (Fsp3) is 0.714. The Hall–Kier alpha value is -1.21. The van der Waals surface area contributed by atoms with Gasteiger partial charge in [0.05, 0.1) is 5.75 Å². The van der Waals surface area contributed by atoms with Crippen molar-refractivity contribution in [3.8, 4) is 0 Å². The number of piperidine rings is 1. The van der Waals surface area contributed by atoms with E-state index in [-0.39, 0.29) is 11.7 Å². The Morgan fingerprint density at radius 1 is 1.38 bits per heavy atom. The zero-order valence-electron chi connectivity index (χ0n) is 12.2. The molecule has 1 saturated heterocycles. The highest BCUT2D eigenvalue weighted by molar-refractivity contribution is 7.89. The van der Waals surface area contributed by atoms with Gasteiger partial charge in [0.15, 0.2) is 0 Å². The molecular formula is C14H22N4O2S. The van der Waals surface area contributed by atoms with Crippen LogP contribution in [0.4, 0.5) is 0 Å². The lowest BCUT2D eigenvalue weighted by molar-refractivity contribution is 0.304. The van der Waals surface area contributed by atoms with E-state index in [9.17, 15) is 8.42 Å². The van der Waals surface area contributed by atoms with Crippen molar-refractivity contribution in [1.82, 2.24) is 19.1 Å². The van der Waals surface area contributed by atoms with E-state index in [1.165, 1.54) is 12.8 Å². The second-order valence-corrected chi connectivity index (χ2v) is 8.01. The highest BCUT2D eigenvalue weighted by Gasteiger charge is 2.34. The number of aromatic nitrogens is 3. The number of nitrogens with zero attached hydrogens (tertiary/aromatic N) is 4. The number of hydrogen-bond acceptors (Lipinski definition) is 4. The van der Waals surface area contributed by atoms with Gasteiger partial charge in [0, 0.05) is 25.0 Å². The van der Waals surface area contributed by atoms with Gasteiger partial charge in [-0.1, -0.05) is 6.08 Å². The molecule has 0 amide bonds. The minimum atomic E-state index is -3.18. The van der Waals surface area contributed by atoms with E-state index in [2.05, 4.69) is 21.3 Å². The fourth-order valence-corrected chi connectivity index (χ4v) is 4.48. The standard InChI is InChI=1S/C14H22N4O2S/c1-2-3-9-21(19,20)17-8-4-5-12(10-17)14-16-15-11-18(14)13-6-7-13/h2,11-13H,1,3-10H2. The van der Waals surface area contributed by atoms with Crippen LogP contribution < -0.4 is 0 Å². The third kappa shape index (κ3) is 3.18. The Bertz CT molecular complexity index is 606. The van der Waals surface area contributed by atoms with E-state index in [0.717, 1.165) is 18.7 Å². The molecule has 6 nitrogen and oxygen atoms in total. The van der Waals surface area contributed by atoms with Crippen LogP contribution in [-0.2, 0) is 10.0 Å². The lowest BCUT2D eigenvalue weighted by atomic mass is 9.99. The molecule has 0 aromatic carbocycles. The molecule has 2 fully saturated rings. The van der Waals surface area contributed by atoms with Gasteiger partial charge in [-0.25, -0.2) is 12.7 Å². The highest BCUT2D eigenvalue weighted by Crippen LogP contribution is 2.38. The van der Waals surface area contributed by atoms with Gasteiger partial charge < -0.3 is 4.57 Å². The summed E-state index contributed by atoms with van der Waals surface area (Å²) in [6.07, 6.45) is 8.18. The van der Waals surface area contributed by atoms with Gasteiger partial charge >= 0.3 is 0 Å². The van der Waals surface area contributed by atoms with E-state index < -0.39 is 10.0 Å². The maximum absolute atomic E-state index is 12.3. The second-order valence-electron chi connectivity index (χ2n) is 5.92. The van der Waals surface area contributed by atoms with E-state index >= 15 is 0 Å². The Morgan fingerprint density at radius 2 is 2.19 bits per heavy atom. The molecule has 0 radical (unpaired) electrons. The van der Waals surface area contributed by atoms with Crippen molar-refractivity contribution in [2.75, 3.05) is 18.8 Å². The van der Waals surface area contributed by atoms with E-state index in [1.807, 2.05) is 0 Å². The smallest absolute Gasteiger partial charge is 0.214 e. The van der Waals surface area contributed by atoms with Gasteiger partial charge in [0.2, 0.25) is 10.0 Å². The van der Waals surface area contributed by atoms with Crippen LogP contribution in [0.15, 0.2) is 19.0 Å². The Kier molecular flexibility index (Phi) is 4.12. The predicted molar refractivity (Wildman–Crippen MR) is 80.4 cm³/mol. The molecule has 1 aliphatic carbocycles. The second kappa shape index (κ2) is 5.88. The predicted octanol–water partition coefficient (Wildman–Crippen LogP) is 1.70. The summed E-state index contributed by atoms with van der Waals surface area (Å²) in [6, 6.07) is 0.530. The molecule has 2 aliphatic rings. The first-order valence-corrected chi connectivity index (χ1v) is 9.21. The van der Waals surface area contributed by atoms with Crippen LogP contribution in [0, 0.1) is 0 Å². The molecule has 7 heteroatoms. The first kappa shape index (κ1) is 14.7. The molecule has 1 atom stereocenters. The Morgan fingerprint density at radius 3 is 2.90 bits per heavy atom. The van der Waals surface area contributed by atoms with E-state index in [4.69, 9.17) is 0 Å². The minimum absolute atomic E-state index is 0.151. The summed E-state index contributed by atoms with van der Waals surface area (Å²) in [4.78, 5) is 0. The van der Waals surface area contributed by atoms with Gasteiger partial charge in [-0.15, -0.1) is 16.8 Å². The number of rotatable bonds is 6. The van der Waals surface area contributed by atoms with Crippen molar-refractivity contribution in [2.24, 2.45) is 0 Å². The normalized spacial score (nSPS) is 24.1. The van der Waals surface area contributed by atoms with Gasteiger partial charge in [0.25, 0.3) is 0 Å². The van der Waals surface area contributed by atoms with Crippen LogP contribution in [0.1, 0.15) is 49.9 Å². The first-order chi connectivity index (χ1) is 10.1. The first-order valence-electron chi connectivity index (χ1n) is 7.60. The van der Waals surface area contributed by atoms with Crippen LogP contribution >= 0.6 is 0 Å². The highest BCUT2D eigenvalue weighted by atomic mass is 32.2. The van der Waals surface area contributed by atoms with Gasteiger partial charge in [-0.2, -0.15) is 0 Å². The third-order valence-electron chi connectivity index (χ3n) is 4.26. The molecule has 1 aromatic rings. The molecule has 0 spiro atoms. The molecule has 0 bridgehead atoms. The third-order valence-corrected chi connectivity index (χ3v) is 6.13. The van der Waals surface area contributed by atoms with Crippen LogP contribution in [0.25, 0.3) is 0 Å². The molecule has 1 saturated carbocycles. The largest absolute Gasteiger partial charge is 0.314 e. The summed E-state index contributed by atoms with van der Waals surface area (Å²) >= 11 is 0. The molecule has 1 aliphatic heterocycles. The van der Waals surface area contributed by atoms with Crippen molar-refractivity contribution in [3.63, 3.8) is 0 Å². The maximum Gasteiger partial charge on any atom is 0.214 e. The number of sulfonamides is 1. The van der Waals surface area contributed by atoms with Gasteiger partial charge in [-0.05, 0) is 32.1 Å². The number of hydrogen-bond donors (Lipinski definition) is 0. The lowest BCUT2D eigenvalue weighted by Gasteiger charge is -2.31. The van der Waals surface area contributed by atoms with E-state index in [1.54, 1.807) is 16.7 Å². The van der Waals surface area contributed by atoms with E-state index in [0.29, 0.717) is 25.6 Å². The molecule has 21 heavy (non-hydrogen) atoms.